The lowest BCUT2D eigenvalue weighted by atomic mass is 9.93. The van der Waals surface area contributed by atoms with E-state index in [4.69, 9.17) is 5.73 Å². The molecule has 1 aliphatic heterocycles. The van der Waals surface area contributed by atoms with Crippen molar-refractivity contribution in [3.63, 3.8) is 0 Å². The highest BCUT2D eigenvalue weighted by atomic mass is 15.4. The van der Waals surface area contributed by atoms with Gasteiger partial charge < -0.3 is 10.6 Å². The summed E-state index contributed by atoms with van der Waals surface area (Å²) in [5.41, 5.74) is 6.15. The molecule has 0 aromatic rings. The molecule has 3 atom stereocenters. The van der Waals surface area contributed by atoms with Crippen molar-refractivity contribution in [3.05, 3.63) is 0 Å². The van der Waals surface area contributed by atoms with Gasteiger partial charge in [-0.25, -0.2) is 0 Å². The van der Waals surface area contributed by atoms with Crippen LogP contribution in [0, 0.1) is 11.8 Å². The van der Waals surface area contributed by atoms with Gasteiger partial charge in [0.15, 0.2) is 5.96 Å². The summed E-state index contributed by atoms with van der Waals surface area (Å²) in [6.45, 7) is 8.79. The zero-order valence-electron chi connectivity index (χ0n) is 9.45. The molecule has 1 heterocycles. The van der Waals surface area contributed by atoms with E-state index in [1.807, 2.05) is 0 Å². The molecule has 2 rings (SSSR count). The molecule has 0 aromatic heterocycles. The van der Waals surface area contributed by atoms with E-state index in [0.29, 0.717) is 0 Å². The number of nitrogens with zero attached hydrogens (tertiary/aromatic N) is 2. The molecule has 3 heteroatoms. The number of hydrogen-bond donors (Lipinski definition) is 1. The summed E-state index contributed by atoms with van der Waals surface area (Å²) in [5.74, 6) is 2.42. The van der Waals surface area contributed by atoms with Crippen LogP contribution in [-0.2, 0) is 0 Å². The van der Waals surface area contributed by atoms with E-state index in [-0.39, 0.29) is 5.54 Å². The SMILES string of the molecule is CCCN1C(N)=NCC1(C)C1CC1C. The number of rotatable bonds is 3. The maximum atomic E-state index is 5.93. The predicted molar refractivity (Wildman–Crippen MR) is 59.2 cm³/mol. The van der Waals surface area contributed by atoms with Gasteiger partial charge in [-0.15, -0.1) is 0 Å². The van der Waals surface area contributed by atoms with Crippen LogP contribution in [0.15, 0.2) is 4.99 Å². The molecule has 3 unspecified atom stereocenters. The van der Waals surface area contributed by atoms with Crippen LogP contribution in [0.1, 0.15) is 33.6 Å². The van der Waals surface area contributed by atoms with Crippen molar-refractivity contribution in [3.8, 4) is 0 Å². The van der Waals surface area contributed by atoms with Crippen LogP contribution in [0.3, 0.4) is 0 Å². The Hall–Kier alpha value is -0.730. The van der Waals surface area contributed by atoms with Gasteiger partial charge in [0, 0.05) is 6.54 Å². The van der Waals surface area contributed by atoms with E-state index in [1.165, 1.54) is 6.42 Å². The third-order valence-corrected chi connectivity index (χ3v) is 3.81. The first kappa shape index (κ1) is 9.81. The standard InChI is InChI=1S/C11H21N3/c1-4-5-14-10(12)13-7-11(14,3)9-6-8(9)2/h8-9H,4-7H2,1-3H3,(H2,12,13). The fraction of sp³-hybridized carbons (Fsp3) is 0.909. The molecule has 0 aromatic carbocycles. The monoisotopic (exact) mass is 195 g/mol. The number of aliphatic imine (C=N–C) groups is 1. The van der Waals surface area contributed by atoms with Crippen molar-refractivity contribution in [1.29, 1.82) is 0 Å². The molecule has 0 bridgehead atoms. The van der Waals surface area contributed by atoms with Crippen LogP contribution in [0.5, 0.6) is 0 Å². The summed E-state index contributed by atoms with van der Waals surface area (Å²) in [4.78, 5) is 6.73. The van der Waals surface area contributed by atoms with Crippen LogP contribution in [-0.4, -0.2) is 29.5 Å². The Morgan fingerprint density at radius 3 is 2.79 bits per heavy atom. The van der Waals surface area contributed by atoms with Gasteiger partial charge in [0.1, 0.15) is 0 Å². The lowest BCUT2D eigenvalue weighted by Crippen LogP contribution is -2.51. The second-order valence-electron chi connectivity index (χ2n) is 5.00. The maximum Gasteiger partial charge on any atom is 0.191 e. The molecule has 80 valence electrons. The van der Waals surface area contributed by atoms with E-state index in [1.54, 1.807) is 0 Å². The van der Waals surface area contributed by atoms with Gasteiger partial charge >= 0.3 is 0 Å². The zero-order valence-corrected chi connectivity index (χ0v) is 9.45. The van der Waals surface area contributed by atoms with Crippen LogP contribution >= 0.6 is 0 Å². The Bertz CT molecular complexity index is 261. The van der Waals surface area contributed by atoms with Crippen LogP contribution in [0.25, 0.3) is 0 Å². The smallest absolute Gasteiger partial charge is 0.191 e. The minimum Gasteiger partial charge on any atom is -0.370 e. The first-order valence-electron chi connectivity index (χ1n) is 5.67. The molecular formula is C11H21N3. The van der Waals surface area contributed by atoms with Crippen molar-refractivity contribution in [2.45, 2.75) is 39.2 Å². The Morgan fingerprint density at radius 2 is 2.29 bits per heavy atom. The van der Waals surface area contributed by atoms with Crippen molar-refractivity contribution in [2.75, 3.05) is 13.1 Å². The zero-order chi connectivity index (χ0) is 10.3. The number of hydrogen-bond acceptors (Lipinski definition) is 3. The van der Waals surface area contributed by atoms with Gasteiger partial charge in [0.05, 0.1) is 12.1 Å². The number of nitrogens with two attached hydrogens (primary N) is 1. The lowest BCUT2D eigenvalue weighted by Gasteiger charge is -2.36. The Labute approximate surface area is 86.4 Å². The molecule has 1 aliphatic carbocycles. The molecule has 3 nitrogen and oxygen atoms in total. The van der Waals surface area contributed by atoms with E-state index < -0.39 is 0 Å². The fourth-order valence-corrected chi connectivity index (χ4v) is 2.77. The minimum atomic E-state index is 0.222. The summed E-state index contributed by atoms with van der Waals surface area (Å²) in [5, 5.41) is 0. The first-order valence-corrected chi connectivity index (χ1v) is 5.67. The summed E-state index contributed by atoms with van der Waals surface area (Å²) >= 11 is 0. The molecular weight excluding hydrogens is 174 g/mol. The van der Waals surface area contributed by atoms with Gasteiger partial charge in [-0.3, -0.25) is 4.99 Å². The average molecular weight is 195 g/mol. The Balaban J connectivity index is 2.12. The molecule has 0 spiro atoms. The van der Waals surface area contributed by atoms with E-state index in [9.17, 15) is 0 Å². The second-order valence-corrected chi connectivity index (χ2v) is 5.00. The topological polar surface area (TPSA) is 41.6 Å². The summed E-state index contributed by atoms with van der Waals surface area (Å²) in [6.07, 6.45) is 2.49. The normalized spacial score (nSPS) is 41.4. The summed E-state index contributed by atoms with van der Waals surface area (Å²) < 4.78 is 0. The molecule has 14 heavy (non-hydrogen) atoms. The quantitative estimate of drug-likeness (QED) is 0.740. The molecule has 0 radical (unpaired) electrons. The highest BCUT2D eigenvalue weighted by Gasteiger charge is 2.53. The van der Waals surface area contributed by atoms with Gasteiger partial charge in [-0.05, 0) is 31.6 Å². The molecule has 1 saturated carbocycles. The first-order chi connectivity index (χ1) is 6.59. The molecule has 1 fully saturated rings. The molecule has 2 aliphatic rings. The van der Waals surface area contributed by atoms with Gasteiger partial charge in [-0.2, -0.15) is 0 Å². The largest absolute Gasteiger partial charge is 0.370 e. The third kappa shape index (κ3) is 1.30. The van der Waals surface area contributed by atoms with Crippen molar-refractivity contribution in [2.24, 2.45) is 22.6 Å². The highest BCUT2D eigenvalue weighted by Crippen LogP contribution is 2.49. The lowest BCUT2D eigenvalue weighted by molar-refractivity contribution is 0.185. The maximum absolute atomic E-state index is 5.93. The van der Waals surface area contributed by atoms with E-state index >= 15 is 0 Å². The second kappa shape index (κ2) is 3.14. The third-order valence-electron chi connectivity index (χ3n) is 3.81. The van der Waals surface area contributed by atoms with Gasteiger partial charge in [0.25, 0.3) is 0 Å². The summed E-state index contributed by atoms with van der Waals surface area (Å²) in [7, 11) is 0. The van der Waals surface area contributed by atoms with Crippen molar-refractivity contribution < 1.29 is 0 Å². The average Bonchev–Trinajstić information content (AvgIpc) is 2.81. The highest BCUT2D eigenvalue weighted by molar-refractivity contribution is 5.81. The van der Waals surface area contributed by atoms with Gasteiger partial charge in [0.2, 0.25) is 0 Å². The van der Waals surface area contributed by atoms with Gasteiger partial charge in [-0.1, -0.05) is 13.8 Å². The predicted octanol–water partition coefficient (Wildman–Crippen LogP) is 1.44. The van der Waals surface area contributed by atoms with E-state index in [0.717, 1.165) is 37.3 Å². The molecule has 2 N–H and O–H groups in total. The van der Waals surface area contributed by atoms with Crippen molar-refractivity contribution in [1.82, 2.24) is 4.90 Å². The Morgan fingerprint density at radius 1 is 1.64 bits per heavy atom. The molecule has 0 saturated heterocycles. The van der Waals surface area contributed by atoms with Crippen LogP contribution in [0.4, 0.5) is 0 Å². The minimum absolute atomic E-state index is 0.222. The fourth-order valence-electron chi connectivity index (χ4n) is 2.77. The molecule has 0 amide bonds. The van der Waals surface area contributed by atoms with Crippen LogP contribution in [0.2, 0.25) is 0 Å². The van der Waals surface area contributed by atoms with Crippen molar-refractivity contribution >= 4 is 5.96 Å². The Kier molecular flexibility index (Phi) is 2.20. The van der Waals surface area contributed by atoms with E-state index in [2.05, 4.69) is 30.7 Å². The number of guanidine groups is 1. The summed E-state index contributed by atoms with van der Waals surface area (Å²) in [6, 6.07) is 0. The van der Waals surface area contributed by atoms with Crippen LogP contribution < -0.4 is 5.73 Å².